The van der Waals surface area contributed by atoms with E-state index in [1.807, 2.05) is 44.2 Å². The van der Waals surface area contributed by atoms with Gasteiger partial charge in [-0.3, -0.25) is 10.1 Å². The van der Waals surface area contributed by atoms with Gasteiger partial charge in [0, 0.05) is 17.7 Å². The third kappa shape index (κ3) is 6.56. The second-order valence-corrected chi connectivity index (χ2v) is 14.8. The molecule has 0 atom stereocenters. The summed E-state index contributed by atoms with van der Waals surface area (Å²) in [6.45, 7) is 4.11. The van der Waals surface area contributed by atoms with Crippen LogP contribution in [0, 0.1) is 24.0 Å². The Hall–Kier alpha value is -5.25. The summed E-state index contributed by atoms with van der Waals surface area (Å²) >= 11 is 0. The van der Waals surface area contributed by atoms with Crippen molar-refractivity contribution in [1.29, 1.82) is 0 Å². The first-order valence-corrected chi connectivity index (χ1v) is 17.2. The highest BCUT2D eigenvalue weighted by Gasteiger charge is 2.46. The van der Waals surface area contributed by atoms with Crippen molar-refractivity contribution in [3.63, 3.8) is 0 Å². The maximum Gasteiger partial charge on any atom is 0.270 e. The van der Waals surface area contributed by atoms with Gasteiger partial charge in [-0.05, 0) is 85.1 Å². The lowest BCUT2D eigenvalue weighted by molar-refractivity contribution is -0.385. The van der Waals surface area contributed by atoms with Crippen LogP contribution in [0.4, 0.5) is 5.69 Å². The Morgan fingerprint density at radius 2 is 1.11 bits per heavy atom. The van der Waals surface area contributed by atoms with Gasteiger partial charge in [0.2, 0.25) is 0 Å². The lowest BCUT2D eigenvalue weighted by Crippen LogP contribution is -2.32. The summed E-state index contributed by atoms with van der Waals surface area (Å²) in [6.07, 6.45) is 0.699. The number of rotatable bonds is 11. The average molecular weight is 625 g/mol. The van der Waals surface area contributed by atoms with Crippen molar-refractivity contribution in [3.8, 4) is 17.2 Å². The number of ether oxygens (including phenoxy) is 2. The zero-order chi connectivity index (χ0) is 31.9. The molecule has 0 saturated heterocycles. The molecule has 46 heavy (non-hydrogen) atoms. The molecular formula is C40H35NO4P+. The largest absolute Gasteiger partial charge is 0.488 e. The third-order valence-electron chi connectivity index (χ3n) is 8.14. The summed E-state index contributed by atoms with van der Waals surface area (Å²) in [6, 6.07) is 51.5. The molecule has 0 fully saturated rings. The van der Waals surface area contributed by atoms with Gasteiger partial charge in [0.15, 0.2) is 0 Å². The van der Waals surface area contributed by atoms with Crippen molar-refractivity contribution in [2.24, 2.45) is 0 Å². The van der Waals surface area contributed by atoms with Crippen LogP contribution in [0.15, 0.2) is 152 Å². The van der Waals surface area contributed by atoms with Crippen molar-refractivity contribution in [2.75, 3.05) is 0 Å². The van der Waals surface area contributed by atoms with E-state index in [1.54, 1.807) is 12.1 Å². The topological polar surface area (TPSA) is 61.6 Å². The van der Waals surface area contributed by atoms with E-state index in [9.17, 15) is 10.1 Å². The monoisotopic (exact) mass is 624 g/mol. The van der Waals surface area contributed by atoms with Gasteiger partial charge in [-0.25, -0.2) is 0 Å². The van der Waals surface area contributed by atoms with Crippen LogP contribution in [0.1, 0.15) is 22.3 Å². The fraction of sp³-hybridized carbons (Fsp3) is 0.100. The second-order valence-electron chi connectivity index (χ2n) is 11.3. The lowest BCUT2D eigenvalue weighted by atomic mass is 10.1. The van der Waals surface area contributed by atoms with Crippen LogP contribution in [0.3, 0.4) is 0 Å². The maximum absolute atomic E-state index is 11.5. The van der Waals surface area contributed by atoms with Crippen LogP contribution in [-0.4, -0.2) is 4.92 Å². The van der Waals surface area contributed by atoms with E-state index in [2.05, 4.69) is 109 Å². The van der Waals surface area contributed by atoms with Gasteiger partial charge in [-0.1, -0.05) is 84.9 Å². The highest BCUT2D eigenvalue weighted by Crippen LogP contribution is 2.59. The first kappa shape index (κ1) is 30.8. The Morgan fingerprint density at radius 1 is 0.630 bits per heavy atom. The third-order valence-corrected chi connectivity index (χ3v) is 12.5. The SMILES string of the molecule is Cc1cc([N+](=O)[O-])cc(C)c1Oc1ccc(OCc2ccccc2)c(C[P+](c2ccccc2)(c2ccccc2)c2ccccc2)c1. The lowest BCUT2D eigenvalue weighted by Gasteiger charge is -2.28. The van der Waals surface area contributed by atoms with Crippen molar-refractivity contribution in [1.82, 2.24) is 0 Å². The zero-order valence-corrected chi connectivity index (χ0v) is 26.8. The molecule has 228 valence electrons. The molecule has 0 amide bonds. The van der Waals surface area contributed by atoms with Crippen molar-refractivity contribution >= 4 is 28.9 Å². The molecule has 0 saturated carbocycles. The van der Waals surface area contributed by atoms with E-state index >= 15 is 0 Å². The summed E-state index contributed by atoms with van der Waals surface area (Å²) in [4.78, 5) is 11.1. The van der Waals surface area contributed by atoms with E-state index < -0.39 is 7.26 Å². The van der Waals surface area contributed by atoms with Gasteiger partial charge in [0.25, 0.3) is 5.69 Å². The van der Waals surface area contributed by atoms with Crippen LogP contribution in [0.2, 0.25) is 0 Å². The van der Waals surface area contributed by atoms with Gasteiger partial charge < -0.3 is 9.47 Å². The molecule has 6 heteroatoms. The average Bonchev–Trinajstić information content (AvgIpc) is 3.10. The molecule has 0 bridgehead atoms. The molecule has 6 aromatic rings. The van der Waals surface area contributed by atoms with Gasteiger partial charge in [-0.2, -0.15) is 0 Å². The predicted octanol–water partition coefficient (Wildman–Crippen LogP) is 9.08. The van der Waals surface area contributed by atoms with Crippen molar-refractivity contribution in [2.45, 2.75) is 26.6 Å². The van der Waals surface area contributed by atoms with E-state index in [-0.39, 0.29) is 10.6 Å². The summed E-state index contributed by atoms with van der Waals surface area (Å²) in [5.41, 5.74) is 3.57. The minimum absolute atomic E-state index is 0.0517. The Labute approximate surface area is 270 Å². The Bertz CT molecular complexity index is 1810. The quantitative estimate of drug-likeness (QED) is 0.0820. The highest BCUT2D eigenvalue weighted by atomic mass is 31.2. The molecule has 0 heterocycles. The number of hydrogen-bond donors (Lipinski definition) is 0. The molecule has 0 N–H and O–H groups in total. The molecular weight excluding hydrogens is 589 g/mol. The van der Waals surface area contributed by atoms with Crippen LogP contribution in [0.25, 0.3) is 0 Å². The molecule has 5 nitrogen and oxygen atoms in total. The number of nitro benzene ring substituents is 1. The predicted molar refractivity (Wildman–Crippen MR) is 189 cm³/mol. The first-order valence-electron chi connectivity index (χ1n) is 15.2. The minimum Gasteiger partial charge on any atom is -0.488 e. The molecule has 0 radical (unpaired) electrons. The van der Waals surface area contributed by atoms with Crippen molar-refractivity contribution in [3.05, 3.63) is 184 Å². The Balaban J connectivity index is 1.50. The maximum atomic E-state index is 11.5. The molecule has 0 spiro atoms. The van der Waals surface area contributed by atoms with Crippen LogP contribution in [0.5, 0.6) is 17.2 Å². The van der Waals surface area contributed by atoms with Gasteiger partial charge in [0.05, 0.1) is 4.92 Å². The molecule has 0 unspecified atom stereocenters. The Kier molecular flexibility index (Phi) is 9.23. The fourth-order valence-electron chi connectivity index (χ4n) is 5.95. The number of benzene rings is 6. The summed E-state index contributed by atoms with van der Waals surface area (Å²) in [5, 5.41) is 15.3. The number of nitro groups is 1. The van der Waals surface area contributed by atoms with Gasteiger partial charge >= 0.3 is 0 Å². The molecule has 0 aromatic heterocycles. The Morgan fingerprint density at radius 3 is 1.59 bits per heavy atom. The standard InChI is InChI=1S/C40H35NO4P/c1-30-25-34(41(42)43)26-31(2)40(30)45-35-23-24-39(44-28-32-15-7-3-8-16-32)33(27-35)29-46(36-17-9-4-10-18-36,37-19-11-5-12-20-37)38-21-13-6-14-22-38/h3-27H,28-29H2,1-2H3/q+1. The molecule has 0 aliphatic heterocycles. The summed E-state index contributed by atoms with van der Waals surface area (Å²) in [5.74, 6) is 2.06. The molecule has 6 aromatic carbocycles. The van der Waals surface area contributed by atoms with Gasteiger partial charge in [0.1, 0.15) is 53.2 Å². The number of aryl methyl sites for hydroxylation is 2. The highest BCUT2D eigenvalue weighted by molar-refractivity contribution is 7.95. The molecule has 6 rings (SSSR count). The minimum atomic E-state index is -2.25. The van der Waals surface area contributed by atoms with Crippen LogP contribution < -0.4 is 25.4 Å². The van der Waals surface area contributed by atoms with Gasteiger partial charge in [-0.15, -0.1) is 0 Å². The van der Waals surface area contributed by atoms with Crippen LogP contribution in [-0.2, 0) is 12.8 Å². The number of non-ortho nitro benzene ring substituents is 1. The number of nitrogens with zero attached hydrogens (tertiary/aromatic N) is 1. The summed E-state index contributed by atoms with van der Waals surface area (Å²) in [7, 11) is -2.25. The molecule has 0 aliphatic carbocycles. The van der Waals surface area contributed by atoms with E-state index in [4.69, 9.17) is 9.47 Å². The zero-order valence-electron chi connectivity index (χ0n) is 25.9. The fourth-order valence-corrected chi connectivity index (χ4v) is 10.2. The number of hydrogen-bond acceptors (Lipinski definition) is 4. The van der Waals surface area contributed by atoms with E-state index in [0.29, 0.717) is 35.4 Å². The van der Waals surface area contributed by atoms with E-state index in [1.165, 1.54) is 15.9 Å². The van der Waals surface area contributed by atoms with Crippen LogP contribution >= 0.6 is 7.26 Å². The second kappa shape index (κ2) is 13.8. The summed E-state index contributed by atoms with van der Waals surface area (Å²) < 4.78 is 13.1. The molecule has 0 aliphatic rings. The van der Waals surface area contributed by atoms with Crippen molar-refractivity contribution < 1.29 is 14.4 Å². The normalized spacial score (nSPS) is 11.2. The van der Waals surface area contributed by atoms with E-state index in [0.717, 1.165) is 16.9 Å². The first-order chi connectivity index (χ1) is 22.4. The smallest absolute Gasteiger partial charge is 0.270 e.